The summed E-state index contributed by atoms with van der Waals surface area (Å²) in [6, 6.07) is 27.1. The number of nitrogens with one attached hydrogen (secondary N) is 1. The van der Waals surface area contributed by atoms with Crippen molar-refractivity contribution in [3.8, 4) is 11.8 Å². The predicted molar refractivity (Wildman–Crippen MR) is 123 cm³/mol. The van der Waals surface area contributed by atoms with Gasteiger partial charge in [-0.05, 0) is 37.1 Å². The van der Waals surface area contributed by atoms with Crippen LogP contribution in [0.15, 0.2) is 78.9 Å². The van der Waals surface area contributed by atoms with Crippen molar-refractivity contribution in [1.82, 2.24) is 5.32 Å². The largest absolute Gasteiger partial charge is 0.377 e. The highest BCUT2D eigenvalue weighted by Gasteiger charge is 2.45. The minimum atomic E-state index is -1.09. The molecular formula is C28H29NO. The van der Waals surface area contributed by atoms with Crippen molar-refractivity contribution in [1.29, 1.82) is 0 Å². The normalized spacial score (nSPS) is 25.9. The molecule has 2 nitrogen and oxygen atoms in total. The van der Waals surface area contributed by atoms with Gasteiger partial charge in [0.15, 0.2) is 0 Å². The Kier molecular flexibility index (Phi) is 5.77. The van der Waals surface area contributed by atoms with Crippen molar-refractivity contribution in [3.05, 3.63) is 107 Å². The molecular weight excluding hydrogens is 366 g/mol. The van der Waals surface area contributed by atoms with Gasteiger partial charge in [0, 0.05) is 30.0 Å². The zero-order valence-corrected chi connectivity index (χ0v) is 17.9. The van der Waals surface area contributed by atoms with Gasteiger partial charge >= 0.3 is 0 Å². The van der Waals surface area contributed by atoms with Crippen LogP contribution >= 0.6 is 0 Å². The van der Waals surface area contributed by atoms with E-state index in [9.17, 15) is 5.11 Å². The molecule has 1 aliphatic rings. The van der Waals surface area contributed by atoms with E-state index in [1.54, 1.807) is 0 Å². The van der Waals surface area contributed by atoms with Crippen LogP contribution in [0.4, 0.5) is 0 Å². The first kappa shape index (κ1) is 20.4. The molecule has 0 aliphatic carbocycles. The molecule has 152 valence electrons. The molecule has 0 radical (unpaired) electrons. The van der Waals surface area contributed by atoms with Gasteiger partial charge in [0.05, 0.1) is 0 Å². The van der Waals surface area contributed by atoms with E-state index >= 15 is 0 Å². The van der Waals surface area contributed by atoms with E-state index in [1.807, 2.05) is 30.3 Å². The van der Waals surface area contributed by atoms with Crippen molar-refractivity contribution >= 4 is 0 Å². The molecule has 1 aliphatic heterocycles. The van der Waals surface area contributed by atoms with Crippen molar-refractivity contribution < 1.29 is 5.11 Å². The zero-order chi connectivity index (χ0) is 21.1. The van der Waals surface area contributed by atoms with E-state index in [0.717, 1.165) is 5.56 Å². The van der Waals surface area contributed by atoms with Crippen LogP contribution in [0.3, 0.4) is 0 Å². The average molecular weight is 396 g/mol. The minimum absolute atomic E-state index is 0.0146. The second-order valence-corrected chi connectivity index (χ2v) is 8.55. The van der Waals surface area contributed by atoms with Crippen LogP contribution in [0.5, 0.6) is 0 Å². The van der Waals surface area contributed by atoms with E-state index < -0.39 is 5.60 Å². The van der Waals surface area contributed by atoms with Gasteiger partial charge in [0.1, 0.15) is 5.60 Å². The maximum atomic E-state index is 11.8. The molecule has 30 heavy (non-hydrogen) atoms. The van der Waals surface area contributed by atoms with Crippen LogP contribution in [-0.2, 0) is 0 Å². The Morgan fingerprint density at radius 3 is 2.00 bits per heavy atom. The summed E-state index contributed by atoms with van der Waals surface area (Å²) in [7, 11) is 0. The molecule has 3 aromatic rings. The van der Waals surface area contributed by atoms with Crippen LogP contribution < -0.4 is 5.32 Å². The van der Waals surface area contributed by atoms with E-state index in [1.165, 1.54) is 22.3 Å². The van der Waals surface area contributed by atoms with Crippen LogP contribution in [0.2, 0.25) is 0 Å². The van der Waals surface area contributed by atoms with Crippen molar-refractivity contribution in [2.45, 2.75) is 44.9 Å². The SMILES string of the molecule is Cc1ccc(C2CC(O)(C#Cc3ccccc3)C(C)C(c3ccc(C)cc3)N2)cc1. The second-order valence-electron chi connectivity index (χ2n) is 8.55. The summed E-state index contributed by atoms with van der Waals surface area (Å²) in [4.78, 5) is 0. The van der Waals surface area contributed by atoms with Gasteiger partial charge in [-0.25, -0.2) is 0 Å². The fraction of sp³-hybridized carbons (Fsp3) is 0.286. The zero-order valence-electron chi connectivity index (χ0n) is 17.9. The van der Waals surface area contributed by atoms with Gasteiger partial charge in [-0.2, -0.15) is 0 Å². The standard InChI is InChI=1S/C28H29NO/c1-20-9-13-24(14-10-20)26-19-28(30,18-17-23-7-5-4-6-8-23)22(3)27(29-26)25-15-11-21(2)12-16-25/h4-16,22,26-27,29-30H,19H2,1-3H3. The summed E-state index contributed by atoms with van der Waals surface area (Å²) in [5.74, 6) is 6.41. The Morgan fingerprint density at radius 1 is 0.833 bits per heavy atom. The van der Waals surface area contributed by atoms with Crippen LogP contribution in [0, 0.1) is 31.6 Å². The molecule has 0 aromatic heterocycles. The summed E-state index contributed by atoms with van der Waals surface area (Å²) >= 11 is 0. The minimum Gasteiger partial charge on any atom is -0.377 e. The number of benzene rings is 3. The number of hydrogen-bond donors (Lipinski definition) is 2. The first-order chi connectivity index (χ1) is 14.4. The van der Waals surface area contributed by atoms with Gasteiger partial charge in [-0.1, -0.05) is 96.6 Å². The maximum absolute atomic E-state index is 11.8. The van der Waals surface area contributed by atoms with E-state index in [2.05, 4.69) is 86.5 Å². The molecule has 0 amide bonds. The number of hydrogen-bond acceptors (Lipinski definition) is 2. The molecule has 4 rings (SSSR count). The quantitative estimate of drug-likeness (QED) is 0.562. The van der Waals surface area contributed by atoms with Gasteiger partial charge in [0.25, 0.3) is 0 Å². The average Bonchev–Trinajstić information content (AvgIpc) is 2.76. The highest BCUT2D eigenvalue weighted by Crippen LogP contribution is 2.43. The second kappa shape index (κ2) is 8.48. The molecule has 1 heterocycles. The topological polar surface area (TPSA) is 32.3 Å². The molecule has 2 heteroatoms. The molecule has 2 N–H and O–H groups in total. The first-order valence-corrected chi connectivity index (χ1v) is 10.6. The molecule has 1 fully saturated rings. The number of rotatable bonds is 2. The van der Waals surface area contributed by atoms with Crippen LogP contribution in [0.1, 0.15) is 53.2 Å². The predicted octanol–water partition coefficient (Wildman–Crippen LogP) is 5.50. The third kappa shape index (κ3) is 4.33. The van der Waals surface area contributed by atoms with Crippen LogP contribution in [0.25, 0.3) is 0 Å². The first-order valence-electron chi connectivity index (χ1n) is 10.6. The fourth-order valence-corrected chi connectivity index (χ4v) is 4.23. The smallest absolute Gasteiger partial charge is 0.132 e. The number of aryl methyl sites for hydroxylation is 2. The van der Waals surface area contributed by atoms with Crippen molar-refractivity contribution in [3.63, 3.8) is 0 Å². The summed E-state index contributed by atoms with van der Waals surface area (Å²) in [6.07, 6.45) is 0.555. The number of aliphatic hydroxyl groups is 1. The van der Waals surface area contributed by atoms with Gasteiger partial charge in [-0.15, -0.1) is 0 Å². The Labute approximate surface area is 180 Å². The lowest BCUT2D eigenvalue weighted by Crippen LogP contribution is -2.51. The maximum Gasteiger partial charge on any atom is 0.132 e. The fourth-order valence-electron chi connectivity index (χ4n) is 4.23. The van der Waals surface area contributed by atoms with Gasteiger partial charge in [-0.3, -0.25) is 0 Å². The van der Waals surface area contributed by atoms with Crippen molar-refractivity contribution in [2.75, 3.05) is 0 Å². The third-order valence-electron chi connectivity index (χ3n) is 6.26. The van der Waals surface area contributed by atoms with E-state index in [0.29, 0.717) is 6.42 Å². The summed E-state index contributed by atoms with van der Waals surface area (Å²) in [6.45, 7) is 6.29. The molecule has 0 saturated carbocycles. The summed E-state index contributed by atoms with van der Waals surface area (Å²) in [5, 5.41) is 15.6. The molecule has 1 saturated heterocycles. The van der Waals surface area contributed by atoms with Crippen LogP contribution in [-0.4, -0.2) is 10.7 Å². The van der Waals surface area contributed by atoms with Gasteiger partial charge in [0.2, 0.25) is 0 Å². The lowest BCUT2D eigenvalue weighted by Gasteiger charge is -2.45. The molecule has 3 aromatic carbocycles. The summed E-state index contributed by atoms with van der Waals surface area (Å²) < 4.78 is 0. The highest BCUT2D eigenvalue weighted by molar-refractivity contribution is 5.39. The summed E-state index contributed by atoms with van der Waals surface area (Å²) in [5.41, 5.74) is 4.67. The third-order valence-corrected chi connectivity index (χ3v) is 6.26. The van der Waals surface area contributed by atoms with E-state index in [4.69, 9.17) is 0 Å². The van der Waals surface area contributed by atoms with E-state index in [-0.39, 0.29) is 18.0 Å². The monoisotopic (exact) mass is 395 g/mol. The highest BCUT2D eigenvalue weighted by atomic mass is 16.3. The molecule has 0 bridgehead atoms. The molecule has 4 atom stereocenters. The van der Waals surface area contributed by atoms with Gasteiger partial charge < -0.3 is 10.4 Å². The Hall–Kier alpha value is -2.86. The molecule has 0 spiro atoms. The molecule has 4 unspecified atom stereocenters. The Balaban J connectivity index is 1.73. The van der Waals surface area contributed by atoms with Crippen molar-refractivity contribution in [2.24, 2.45) is 5.92 Å². The lowest BCUT2D eigenvalue weighted by molar-refractivity contribution is -0.0196. The Bertz CT molecular complexity index is 1040. The Morgan fingerprint density at radius 2 is 1.40 bits per heavy atom. The number of piperidine rings is 1. The lowest BCUT2D eigenvalue weighted by atomic mass is 9.72.